The first-order valence-electron chi connectivity index (χ1n) is 10.2. The van der Waals surface area contributed by atoms with Gasteiger partial charge in [0, 0.05) is 25.5 Å². The molecule has 1 unspecified atom stereocenters. The van der Waals surface area contributed by atoms with E-state index < -0.39 is 51.1 Å². The average molecular weight is 548 g/mol. The monoisotopic (exact) mass is 548 g/mol. The quantitative estimate of drug-likeness (QED) is 0.585. The number of benzene rings is 2. The maximum Gasteiger partial charge on any atom is 0.420 e. The van der Waals surface area contributed by atoms with Crippen molar-refractivity contribution in [1.29, 1.82) is 5.26 Å². The number of fused-ring (bicyclic) bond motifs is 1. The maximum absolute atomic E-state index is 13.4. The molecule has 0 spiro atoms. The van der Waals surface area contributed by atoms with Gasteiger partial charge in [0.1, 0.15) is 6.04 Å². The van der Waals surface area contributed by atoms with Crippen LogP contribution in [0.1, 0.15) is 22.7 Å². The molecular weight excluding hydrogens is 530 g/mol. The SMILES string of the molecule is CN(C(=O)N1Cc2cc(S(C)(=O)=O)ccc2C1C(N)=O)c1ccc(C(C#N)(C(F)(F)F)C(F)(F)F)cc1. The fraction of sp³-hybridized carbons (Fsp3) is 0.318. The van der Waals surface area contributed by atoms with Gasteiger partial charge in [0.15, 0.2) is 9.84 Å². The highest BCUT2D eigenvalue weighted by Gasteiger charge is 2.72. The molecule has 0 saturated heterocycles. The average Bonchev–Trinajstić information content (AvgIpc) is 3.16. The Morgan fingerprint density at radius 3 is 2.03 bits per heavy atom. The molecule has 2 aromatic rings. The Labute approximate surface area is 206 Å². The van der Waals surface area contributed by atoms with E-state index in [0.717, 1.165) is 35.2 Å². The van der Waals surface area contributed by atoms with E-state index in [1.54, 1.807) is 0 Å². The first-order chi connectivity index (χ1) is 16.9. The number of hydrogen-bond donors (Lipinski definition) is 1. The number of rotatable bonds is 4. The number of urea groups is 1. The van der Waals surface area contributed by atoms with E-state index in [-0.39, 0.29) is 22.7 Å². The first kappa shape index (κ1) is 27.8. The second kappa shape index (κ2) is 8.94. The predicted octanol–water partition coefficient (Wildman–Crippen LogP) is 3.57. The number of amides is 3. The van der Waals surface area contributed by atoms with Crippen LogP contribution in [-0.2, 0) is 26.6 Å². The van der Waals surface area contributed by atoms with E-state index in [0.29, 0.717) is 23.8 Å². The number of halogens is 6. The summed E-state index contributed by atoms with van der Waals surface area (Å²) in [4.78, 5) is 27.1. The van der Waals surface area contributed by atoms with Gasteiger partial charge in [0.25, 0.3) is 5.41 Å². The number of primary amides is 1. The van der Waals surface area contributed by atoms with Crippen LogP contribution in [0.3, 0.4) is 0 Å². The van der Waals surface area contributed by atoms with Crippen LogP contribution in [-0.4, -0.2) is 50.9 Å². The third-order valence-electron chi connectivity index (χ3n) is 6.00. The smallest absolute Gasteiger partial charge is 0.368 e. The van der Waals surface area contributed by atoms with Crippen LogP contribution < -0.4 is 10.6 Å². The number of carbonyl (C=O) groups is 2. The number of nitriles is 1. The number of nitrogens with two attached hydrogens (primary N) is 1. The second-order valence-electron chi connectivity index (χ2n) is 8.31. The summed E-state index contributed by atoms with van der Waals surface area (Å²) in [6, 6.07) is 4.44. The summed E-state index contributed by atoms with van der Waals surface area (Å²) in [5.74, 6) is -0.947. The predicted molar refractivity (Wildman–Crippen MR) is 117 cm³/mol. The summed E-state index contributed by atoms with van der Waals surface area (Å²) in [5.41, 5.74) is -0.288. The van der Waals surface area contributed by atoms with Crippen LogP contribution >= 0.6 is 0 Å². The first-order valence-corrected chi connectivity index (χ1v) is 12.1. The molecule has 0 bridgehead atoms. The highest BCUT2D eigenvalue weighted by atomic mass is 32.2. The molecule has 0 aromatic heterocycles. The largest absolute Gasteiger partial charge is 0.420 e. The lowest BCUT2D eigenvalue weighted by atomic mass is 9.80. The molecule has 37 heavy (non-hydrogen) atoms. The summed E-state index contributed by atoms with van der Waals surface area (Å²) in [5, 5.41) is 8.91. The van der Waals surface area contributed by atoms with Gasteiger partial charge >= 0.3 is 18.4 Å². The Kier molecular flexibility index (Phi) is 6.72. The number of carbonyl (C=O) groups excluding carboxylic acids is 2. The van der Waals surface area contributed by atoms with Crippen molar-refractivity contribution in [3.05, 3.63) is 59.2 Å². The highest BCUT2D eigenvalue weighted by Crippen LogP contribution is 2.51. The summed E-state index contributed by atoms with van der Waals surface area (Å²) in [6.07, 6.45) is -11.0. The maximum atomic E-state index is 13.4. The van der Waals surface area contributed by atoms with Gasteiger partial charge in [-0.15, -0.1) is 0 Å². The number of anilines is 1. The van der Waals surface area contributed by atoms with Crippen molar-refractivity contribution in [2.75, 3.05) is 18.2 Å². The minimum absolute atomic E-state index is 0.0666. The zero-order valence-electron chi connectivity index (χ0n) is 19.1. The van der Waals surface area contributed by atoms with Gasteiger partial charge in [-0.3, -0.25) is 9.69 Å². The molecule has 2 aromatic carbocycles. The summed E-state index contributed by atoms with van der Waals surface area (Å²) in [6.45, 7) is -0.243. The molecule has 1 aliphatic heterocycles. The molecular formula is C22H18F6N4O4S. The standard InChI is InChI=1S/C22H18F6N4O4S/c1-31(14-5-3-13(4-6-14)20(11-29,21(23,24)25)22(26,27)28)19(34)32-10-12-9-15(37(2,35)36)7-8-16(12)17(32)18(30)33/h3-9,17H,10H2,1-2H3,(H2,30,33). The minimum atomic E-state index is -5.98. The zero-order chi connectivity index (χ0) is 28.1. The summed E-state index contributed by atoms with van der Waals surface area (Å²) >= 11 is 0. The van der Waals surface area contributed by atoms with Crippen LogP contribution in [0.5, 0.6) is 0 Å². The molecule has 2 N–H and O–H groups in total. The van der Waals surface area contributed by atoms with E-state index >= 15 is 0 Å². The summed E-state index contributed by atoms with van der Waals surface area (Å²) in [7, 11) is -2.45. The number of hydrogen-bond acceptors (Lipinski definition) is 5. The summed E-state index contributed by atoms with van der Waals surface area (Å²) < 4.78 is 104. The van der Waals surface area contributed by atoms with Gasteiger partial charge in [0.05, 0.1) is 11.0 Å². The van der Waals surface area contributed by atoms with Gasteiger partial charge in [0.2, 0.25) is 5.91 Å². The van der Waals surface area contributed by atoms with Crippen molar-refractivity contribution in [2.45, 2.75) is 35.2 Å². The molecule has 0 fully saturated rings. The molecule has 0 radical (unpaired) electrons. The lowest BCUT2D eigenvalue weighted by Gasteiger charge is -2.32. The Balaban J connectivity index is 1.96. The van der Waals surface area contributed by atoms with Crippen molar-refractivity contribution in [2.24, 2.45) is 5.73 Å². The van der Waals surface area contributed by atoms with Crippen molar-refractivity contribution >= 4 is 27.5 Å². The molecule has 0 saturated carbocycles. The third-order valence-corrected chi connectivity index (χ3v) is 7.11. The van der Waals surface area contributed by atoms with Gasteiger partial charge in [-0.1, -0.05) is 18.2 Å². The van der Waals surface area contributed by atoms with E-state index in [2.05, 4.69) is 0 Å². The van der Waals surface area contributed by atoms with Crippen molar-refractivity contribution < 1.29 is 44.3 Å². The van der Waals surface area contributed by atoms with Crippen molar-refractivity contribution in [3.8, 4) is 6.07 Å². The minimum Gasteiger partial charge on any atom is -0.368 e. The van der Waals surface area contributed by atoms with Crippen molar-refractivity contribution in [3.63, 3.8) is 0 Å². The van der Waals surface area contributed by atoms with Crippen LogP contribution in [0.2, 0.25) is 0 Å². The molecule has 15 heteroatoms. The Morgan fingerprint density at radius 1 is 1.05 bits per heavy atom. The Hall–Kier alpha value is -3.80. The molecule has 198 valence electrons. The molecule has 1 aliphatic rings. The normalized spacial score (nSPS) is 16.2. The molecule has 3 amide bonds. The number of sulfone groups is 1. The molecule has 3 rings (SSSR count). The van der Waals surface area contributed by atoms with Crippen LogP contribution in [0.25, 0.3) is 0 Å². The van der Waals surface area contributed by atoms with Crippen molar-refractivity contribution in [1.82, 2.24) is 4.90 Å². The van der Waals surface area contributed by atoms with Gasteiger partial charge in [-0.25, -0.2) is 13.2 Å². The van der Waals surface area contributed by atoms with E-state index in [4.69, 9.17) is 11.0 Å². The van der Waals surface area contributed by atoms with Crippen LogP contribution in [0.15, 0.2) is 47.4 Å². The lowest BCUT2D eigenvalue weighted by Crippen LogP contribution is -2.52. The Morgan fingerprint density at radius 2 is 1.59 bits per heavy atom. The van der Waals surface area contributed by atoms with E-state index in [1.807, 2.05) is 0 Å². The highest BCUT2D eigenvalue weighted by molar-refractivity contribution is 7.90. The van der Waals surface area contributed by atoms with Crippen LogP contribution in [0.4, 0.5) is 36.8 Å². The lowest BCUT2D eigenvalue weighted by molar-refractivity contribution is -0.283. The fourth-order valence-corrected chi connectivity index (χ4v) is 4.73. The second-order valence-corrected chi connectivity index (χ2v) is 10.3. The van der Waals surface area contributed by atoms with E-state index in [9.17, 15) is 44.3 Å². The number of nitrogens with zero attached hydrogens (tertiary/aromatic N) is 3. The Bertz CT molecular complexity index is 1380. The van der Waals surface area contributed by atoms with Gasteiger partial charge < -0.3 is 10.6 Å². The topological polar surface area (TPSA) is 125 Å². The number of alkyl halides is 6. The molecule has 0 aliphatic carbocycles. The zero-order valence-corrected chi connectivity index (χ0v) is 19.9. The molecule has 1 atom stereocenters. The molecule has 1 heterocycles. The van der Waals surface area contributed by atoms with Gasteiger partial charge in [-0.2, -0.15) is 31.6 Å². The molecule has 8 nitrogen and oxygen atoms in total. The fourth-order valence-electron chi connectivity index (χ4n) is 4.06. The van der Waals surface area contributed by atoms with Gasteiger partial charge in [-0.05, 0) is 41.0 Å². The third kappa shape index (κ3) is 4.57. The van der Waals surface area contributed by atoms with E-state index in [1.165, 1.54) is 18.2 Å². The van der Waals surface area contributed by atoms with Crippen LogP contribution in [0, 0.1) is 11.3 Å².